The summed E-state index contributed by atoms with van der Waals surface area (Å²) < 4.78 is 7.12. The van der Waals surface area contributed by atoms with E-state index in [-0.39, 0.29) is 18.1 Å². The Kier molecular flexibility index (Phi) is 4.80. The van der Waals surface area contributed by atoms with Crippen molar-refractivity contribution in [2.75, 3.05) is 12.4 Å². The fraction of sp³-hybridized carbons (Fsp3) is 0.412. The molecule has 2 N–H and O–H groups in total. The zero-order valence-electron chi connectivity index (χ0n) is 13.2. The van der Waals surface area contributed by atoms with Crippen molar-refractivity contribution >= 4 is 11.7 Å². The van der Waals surface area contributed by atoms with Crippen LogP contribution < -0.4 is 15.4 Å². The van der Waals surface area contributed by atoms with Crippen molar-refractivity contribution in [1.82, 2.24) is 15.1 Å². The molecule has 0 saturated heterocycles. The molecule has 0 spiro atoms. The van der Waals surface area contributed by atoms with E-state index in [0.717, 1.165) is 25.0 Å². The Morgan fingerprint density at radius 2 is 2.17 bits per heavy atom. The van der Waals surface area contributed by atoms with Gasteiger partial charge in [0, 0.05) is 24.1 Å². The summed E-state index contributed by atoms with van der Waals surface area (Å²) in [5.41, 5.74) is 0.716. The Labute approximate surface area is 135 Å². The van der Waals surface area contributed by atoms with Crippen LogP contribution in [0, 0.1) is 0 Å². The van der Waals surface area contributed by atoms with Gasteiger partial charge in [-0.1, -0.05) is 18.9 Å². The first-order valence-corrected chi connectivity index (χ1v) is 7.97. The van der Waals surface area contributed by atoms with E-state index < -0.39 is 0 Å². The monoisotopic (exact) mass is 314 g/mol. The van der Waals surface area contributed by atoms with Gasteiger partial charge in [-0.15, -0.1) is 0 Å². The molecule has 1 saturated carbocycles. The lowest BCUT2D eigenvalue weighted by Gasteiger charge is -2.32. The van der Waals surface area contributed by atoms with Crippen molar-refractivity contribution in [1.29, 1.82) is 0 Å². The molecule has 1 aromatic heterocycles. The lowest BCUT2D eigenvalue weighted by atomic mass is 9.90. The van der Waals surface area contributed by atoms with Crippen molar-refractivity contribution in [3.05, 3.63) is 42.7 Å². The second kappa shape index (κ2) is 7.17. The second-order valence-electron chi connectivity index (χ2n) is 5.77. The number of rotatable bonds is 4. The van der Waals surface area contributed by atoms with Crippen LogP contribution in [-0.2, 0) is 0 Å². The number of anilines is 1. The van der Waals surface area contributed by atoms with Crippen LogP contribution >= 0.6 is 0 Å². The molecule has 23 heavy (non-hydrogen) atoms. The summed E-state index contributed by atoms with van der Waals surface area (Å²) in [6, 6.07) is 9.37. The number of aromatic nitrogens is 2. The molecule has 0 aliphatic heterocycles. The average Bonchev–Trinajstić information content (AvgIpc) is 3.10. The number of amides is 2. The molecule has 0 radical (unpaired) electrons. The first-order chi connectivity index (χ1) is 11.3. The Morgan fingerprint density at radius 1 is 1.30 bits per heavy atom. The van der Waals surface area contributed by atoms with Crippen molar-refractivity contribution in [3.8, 4) is 5.75 Å². The van der Waals surface area contributed by atoms with Crippen LogP contribution in [-0.4, -0.2) is 29.0 Å². The van der Waals surface area contributed by atoms with Gasteiger partial charge in [0.1, 0.15) is 5.75 Å². The molecular weight excluding hydrogens is 292 g/mol. The summed E-state index contributed by atoms with van der Waals surface area (Å²) >= 11 is 0. The molecule has 1 fully saturated rings. The molecule has 0 bridgehead atoms. The Hall–Kier alpha value is -2.50. The predicted molar refractivity (Wildman–Crippen MR) is 88.7 cm³/mol. The lowest BCUT2D eigenvalue weighted by Crippen LogP contribution is -2.45. The van der Waals surface area contributed by atoms with Crippen molar-refractivity contribution in [2.24, 2.45) is 0 Å². The molecule has 3 rings (SSSR count). The van der Waals surface area contributed by atoms with Gasteiger partial charge in [-0.05, 0) is 31.0 Å². The summed E-state index contributed by atoms with van der Waals surface area (Å²) in [7, 11) is 1.61. The number of nitrogens with one attached hydrogen (secondary N) is 2. The predicted octanol–water partition coefficient (Wildman–Crippen LogP) is 3.20. The fourth-order valence-electron chi connectivity index (χ4n) is 3.11. The van der Waals surface area contributed by atoms with Gasteiger partial charge in [0.25, 0.3) is 0 Å². The lowest BCUT2D eigenvalue weighted by molar-refractivity contribution is 0.223. The fourth-order valence-corrected chi connectivity index (χ4v) is 3.11. The first kappa shape index (κ1) is 15.4. The van der Waals surface area contributed by atoms with E-state index in [2.05, 4.69) is 15.7 Å². The highest BCUT2D eigenvalue weighted by molar-refractivity contribution is 5.89. The van der Waals surface area contributed by atoms with Crippen LogP contribution in [0.3, 0.4) is 0 Å². The first-order valence-electron chi connectivity index (χ1n) is 7.97. The largest absolute Gasteiger partial charge is 0.497 e. The maximum absolute atomic E-state index is 12.3. The van der Waals surface area contributed by atoms with Crippen LogP contribution in [0.5, 0.6) is 5.75 Å². The van der Waals surface area contributed by atoms with Crippen LogP contribution in [0.1, 0.15) is 31.7 Å². The van der Waals surface area contributed by atoms with Crippen molar-refractivity contribution in [3.63, 3.8) is 0 Å². The Balaban J connectivity index is 1.63. The molecule has 1 heterocycles. The average molecular weight is 314 g/mol. The van der Waals surface area contributed by atoms with Gasteiger partial charge in [0.2, 0.25) is 0 Å². The number of hydrogen-bond donors (Lipinski definition) is 2. The van der Waals surface area contributed by atoms with E-state index in [4.69, 9.17) is 4.74 Å². The standard InChI is InChI=1S/C17H22N4O2/c1-23-14-7-4-6-13(12-14)19-17(22)20-15-8-2-3-9-16(15)21-11-5-10-18-21/h4-7,10-12,15-16H,2-3,8-9H2,1H3,(H2,19,20,22)/t15-,16+/m0/s1. The van der Waals surface area contributed by atoms with Crippen LogP contribution in [0.2, 0.25) is 0 Å². The number of urea groups is 1. The van der Waals surface area contributed by atoms with Gasteiger partial charge in [-0.25, -0.2) is 4.79 Å². The zero-order chi connectivity index (χ0) is 16.1. The molecule has 0 unspecified atom stereocenters. The van der Waals surface area contributed by atoms with Gasteiger partial charge in [0.15, 0.2) is 0 Å². The summed E-state index contributed by atoms with van der Waals surface area (Å²) in [6.45, 7) is 0. The molecule has 1 aliphatic carbocycles. The van der Waals surface area contributed by atoms with E-state index in [1.807, 2.05) is 35.1 Å². The SMILES string of the molecule is COc1cccc(NC(=O)N[C@H]2CCCC[C@H]2n2cccn2)c1. The Morgan fingerprint density at radius 3 is 2.96 bits per heavy atom. The summed E-state index contributed by atoms with van der Waals surface area (Å²) in [6.07, 6.45) is 8.04. The minimum atomic E-state index is -0.192. The maximum Gasteiger partial charge on any atom is 0.319 e. The molecule has 2 aromatic rings. The summed E-state index contributed by atoms with van der Waals surface area (Å²) in [5, 5.41) is 10.3. The molecule has 1 aromatic carbocycles. The second-order valence-corrected chi connectivity index (χ2v) is 5.77. The van der Waals surface area contributed by atoms with Crippen molar-refractivity contribution in [2.45, 2.75) is 37.8 Å². The zero-order valence-corrected chi connectivity index (χ0v) is 13.2. The third-order valence-corrected chi connectivity index (χ3v) is 4.24. The summed E-state index contributed by atoms with van der Waals surface area (Å²) in [4.78, 5) is 12.3. The minimum absolute atomic E-state index is 0.0919. The third-order valence-electron chi connectivity index (χ3n) is 4.24. The van der Waals surface area contributed by atoms with Crippen LogP contribution in [0.25, 0.3) is 0 Å². The minimum Gasteiger partial charge on any atom is -0.497 e. The normalized spacial score (nSPS) is 20.7. The molecule has 6 heteroatoms. The molecular formula is C17H22N4O2. The number of methoxy groups -OCH3 is 1. The number of nitrogens with zero attached hydrogens (tertiary/aromatic N) is 2. The molecule has 122 valence electrons. The topological polar surface area (TPSA) is 68.2 Å². The highest BCUT2D eigenvalue weighted by atomic mass is 16.5. The van der Waals surface area contributed by atoms with E-state index in [1.165, 1.54) is 6.42 Å². The van der Waals surface area contributed by atoms with Gasteiger partial charge in [-0.3, -0.25) is 4.68 Å². The number of carbonyl (C=O) groups excluding carboxylic acids is 1. The highest BCUT2D eigenvalue weighted by Gasteiger charge is 2.28. The molecule has 2 atom stereocenters. The van der Waals surface area contributed by atoms with Gasteiger partial charge < -0.3 is 15.4 Å². The van der Waals surface area contributed by atoms with Gasteiger partial charge in [-0.2, -0.15) is 5.10 Å². The van der Waals surface area contributed by atoms with Crippen LogP contribution in [0.15, 0.2) is 42.7 Å². The number of hydrogen-bond acceptors (Lipinski definition) is 3. The highest BCUT2D eigenvalue weighted by Crippen LogP contribution is 2.28. The summed E-state index contributed by atoms with van der Waals surface area (Å²) in [5.74, 6) is 0.717. The molecule has 6 nitrogen and oxygen atoms in total. The van der Waals surface area contributed by atoms with Crippen molar-refractivity contribution < 1.29 is 9.53 Å². The number of ether oxygens (including phenoxy) is 1. The maximum atomic E-state index is 12.3. The van der Waals surface area contributed by atoms with E-state index in [1.54, 1.807) is 19.4 Å². The quantitative estimate of drug-likeness (QED) is 0.910. The smallest absolute Gasteiger partial charge is 0.319 e. The molecule has 2 amide bonds. The van der Waals surface area contributed by atoms with E-state index in [0.29, 0.717) is 5.69 Å². The number of carbonyl (C=O) groups is 1. The van der Waals surface area contributed by atoms with Gasteiger partial charge in [0.05, 0.1) is 19.2 Å². The number of benzene rings is 1. The van der Waals surface area contributed by atoms with E-state index in [9.17, 15) is 4.79 Å². The third kappa shape index (κ3) is 3.83. The Bertz CT molecular complexity index is 642. The van der Waals surface area contributed by atoms with Gasteiger partial charge >= 0.3 is 6.03 Å². The molecule has 1 aliphatic rings. The van der Waals surface area contributed by atoms with E-state index >= 15 is 0 Å². The van der Waals surface area contributed by atoms with Crippen LogP contribution in [0.4, 0.5) is 10.5 Å².